The van der Waals surface area contributed by atoms with Crippen LogP contribution in [0.5, 0.6) is 0 Å². The molecule has 0 fully saturated rings. The van der Waals surface area contributed by atoms with Gasteiger partial charge in [0.1, 0.15) is 0 Å². The average molecular weight is 955 g/mol. The van der Waals surface area contributed by atoms with Crippen LogP contribution >= 0.6 is 0 Å². The fraction of sp³-hybridized carbons (Fsp3) is 0.0137. The molecule has 14 rings (SSSR count). The summed E-state index contributed by atoms with van der Waals surface area (Å²) in [4.78, 5) is 2.51. The number of aromatic nitrogens is 1. The largest absolute Gasteiger partial charge is 0.310 e. The van der Waals surface area contributed by atoms with E-state index in [1.807, 2.05) is 0 Å². The Labute approximate surface area is 438 Å². The summed E-state index contributed by atoms with van der Waals surface area (Å²) in [5.41, 5.74) is 23.0. The van der Waals surface area contributed by atoms with Crippen molar-refractivity contribution in [3.05, 3.63) is 326 Å². The second-order valence-electron chi connectivity index (χ2n) is 19.5. The lowest BCUT2D eigenvalue weighted by Gasteiger charge is -2.35. The van der Waals surface area contributed by atoms with Gasteiger partial charge in [-0.3, -0.25) is 0 Å². The van der Waals surface area contributed by atoms with E-state index in [-0.39, 0.29) is 0 Å². The molecule has 2 nitrogen and oxygen atoms in total. The molecule has 1 aliphatic rings. The Balaban J connectivity index is 1.02. The summed E-state index contributed by atoms with van der Waals surface area (Å²) in [5, 5.41) is 2.49. The lowest BCUT2D eigenvalue weighted by molar-refractivity contribution is 0.768. The first kappa shape index (κ1) is 44.0. The minimum absolute atomic E-state index is 0.574. The van der Waals surface area contributed by atoms with Crippen LogP contribution in [-0.4, -0.2) is 4.57 Å². The molecule has 0 saturated carbocycles. The van der Waals surface area contributed by atoms with Crippen molar-refractivity contribution in [2.45, 2.75) is 5.41 Å². The molecule has 1 aliphatic carbocycles. The van der Waals surface area contributed by atoms with Crippen LogP contribution in [0, 0.1) is 0 Å². The van der Waals surface area contributed by atoms with Crippen molar-refractivity contribution in [2.75, 3.05) is 4.90 Å². The predicted octanol–water partition coefficient (Wildman–Crippen LogP) is 19.3. The highest BCUT2D eigenvalue weighted by atomic mass is 15.1. The first-order valence-electron chi connectivity index (χ1n) is 25.9. The molecule has 12 aromatic carbocycles. The first-order chi connectivity index (χ1) is 37.2. The third-order valence-electron chi connectivity index (χ3n) is 15.5. The second-order valence-corrected chi connectivity index (χ2v) is 19.5. The molecule has 352 valence electrons. The van der Waals surface area contributed by atoms with Gasteiger partial charge < -0.3 is 9.47 Å². The van der Waals surface area contributed by atoms with E-state index in [1.165, 1.54) is 71.9 Å². The molecule has 75 heavy (non-hydrogen) atoms. The summed E-state index contributed by atoms with van der Waals surface area (Å²) in [6, 6.07) is 112. The zero-order valence-corrected chi connectivity index (χ0v) is 41.3. The Morgan fingerprint density at radius 3 is 1.48 bits per heavy atom. The number of rotatable bonds is 10. The van der Waals surface area contributed by atoms with Crippen LogP contribution in [0.15, 0.2) is 303 Å². The van der Waals surface area contributed by atoms with Gasteiger partial charge in [0.2, 0.25) is 0 Å². The second kappa shape index (κ2) is 18.4. The summed E-state index contributed by atoms with van der Waals surface area (Å²) in [7, 11) is 0. The van der Waals surface area contributed by atoms with E-state index in [1.54, 1.807) is 0 Å². The highest BCUT2D eigenvalue weighted by Crippen LogP contribution is 2.58. The van der Waals surface area contributed by atoms with Gasteiger partial charge >= 0.3 is 0 Å². The van der Waals surface area contributed by atoms with Crippen LogP contribution < -0.4 is 4.90 Å². The summed E-state index contributed by atoms with van der Waals surface area (Å²) in [5.74, 6) is 0. The molecule has 0 atom stereocenters. The number of fused-ring (bicyclic) bond motifs is 6. The molecule has 0 bridgehead atoms. The Bertz CT molecular complexity index is 4160. The zero-order valence-electron chi connectivity index (χ0n) is 41.3. The van der Waals surface area contributed by atoms with Crippen molar-refractivity contribution in [3.63, 3.8) is 0 Å². The zero-order chi connectivity index (χ0) is 49.7. The van der Waals surface area contributed by atoms with E-state index in [0.29, 0.717) is 0 Å². The van der Waals surface area contributed by atoms with Gasteiger partial charge in [0, 0.05) is 33.4 Å². The maximum Gasteiger partial charge on any atom is 0.0714 e. The Morgan fingerprint density at radius 2 is 0.787 bits per heavy atom. The minimum atomic E-state index is -0.574. The van der Waals surface area contributed by atoms with Gasteiger partial charge in [-0.25, -0.2) is 0 Å². The lowest BCUT2D eigenvalue weighted by atomic mass is 9.67. The highest BCUT2D eigenvalue weighted by molar-refractivity contribution is 6.10. The smallest absolute Gasteiger partial charge is 0.0714 e. The Hall–Kier alpha value is -9.76. The molecular formula is C73H50N2. The van der Waals surface area contributed by atoms with Gasteiger partial charge in [-0.2, -0.15) is 0 Å². The molecule has 0 spiro atoms. The SMILES string of the molecule is c1ccc(-c2ccccc2-c2c(-c3ccccc3)cccc2N(c2ccc(-c3ccc4c5ccccc5n(-c5ccccc5)c4c3)cc2)c2ccc3c(c2)C(c2ccccc2)(c2ccccc2)c2ccccc2-3)cc1. The van der Waals surface area contributed by atoms with E-state index in [2.05, 4.69) is 313 Å². The molecule has 0 unspecified atom stereocenters. The number of anilines is 3. The topological polar surface area (TPSA) is 8.17 Å². The summed E-state index contributed by atoms with van der Waals surface area (Å²) < 4.78 is 2.40. The molecule has 1 aromatic heterocycles. The molecule has 13 aromatic rings. The Kier molecular flexibility index (Phi) is 10.8. The summed E-state index contributed by atoms with van der Waals surface area (Å²) >= 11 is 0. The first-order valence-corrected chi connectivity index (χ1v) is 25.9. The molecule has 1 heterocycles. The monoisotopic (exact) mass is 954 g/mol. The van der Waals surface area contributed by atoms with Crippen LogP contribution in [0.25, 0.3) is 83.1 Å². The summed E-state index contributed by atoms with van der Waals surface area (Å²) in [6.45, 7) is 0. The van der Waals surface area contributed by atoms with E-state index in [9.17, 15) is 0 Å². The van der Waals surface area contributed by atoms with E-state index in [4.69, 9.17) is 0 Å². The Morgan fingerprint density at radius 1 is 0.280 bits per heavy atom. The van der Waals surface area contributed by atoms with E-state index < -0.39 is 5.41 Å². The summed E-state index contributed by atoms with van der Waals surface area (Å²) in [6.07, 6.45) is 0. The molecule has 2 heteroatoms. The van der Waals surface area contributed by atoms with Gasteiger partial charge in [-0.15, -0.1) is 0 Å². The quantitative estimate of drug-likeness (QED) is 0.133. The number of nitrogens with zero attached hydrogens (tertiary/aromatic N) is 2. The molecule has 0 radical (unpaired) electrons. The molecular weight excluding hydrogens is 905 g/mol. The lowest BCUT2D eigenvalue weighted by Crippen LogP contribution is -2.28. The normalized spacial score (nSPS) is 12.4. The maximum absolute atomic E-state index is 2.51. The third-order valence-corrected chi connectivity index (χ3v) is 15.5. The maximum atomic E-state index is 2.51. The van der Waals surface area contributed by atoms with Crippen LogP contribution in [0.2, 0.25) is 0 Å². The van der Waals surface area contributed by atoms with Gasteiger partial charge in [-0.05, 0) is 127 Å². The number of para-hydroxylation sites is 2. The molecule has 0 saturated heterocycles. The van der Waals surface area contributed by atoms with Crippen LogP contribution in [-0.2, 0) is 5.41 Å². The fourth-order valence-electron chi connectivity index (χ4n) is 12.2. The number of hydrogen-bond acceptors (Lipinski definition) is 1. The van der Waals surface area contributed by atoms with Crippen molar-refractivity contribution in [1.29, 1.82) is 0 Å². The minimum Gasteiger partial charge on any atom is -0.310 e. The number of hydrogen-bond donors (Lipinski definition) is 0. The average Bonchev–Trinajstić information content (AvgIpc) is 4.03. The van der Waals surface area contributed by atoms with Crippen LogP contribution in [0.1, 0.15) is 22.3 Å². The van der Waals surface area contributed by atoms with Crippen molar-refractivity contribution in [2.24, 2.45) is 0 Å². The van der Waals surface area contributed by atoms with Gasteiger partial charge in [0.05, 0.1) is 22.1 Å². The van der Waals surface area contributed by atoms with Crippen molar-refractivity contribution >= 4 is 38.9 Å². The number of benzene rings is 12. The van der Waals surface area contributed by atoms with Gasteiger partial charge in [0.25, 0.3) is 0 Å². The predicted molar refractivity (Wildman–Crippen MR) is 315 cm³/mol. The molecule has 0 aliphatic heterocycles. The van der Waals surface area contributed by atoms with Crippen molar-refractivity contribution in [3.8, 4) is 61.3 Å². The fourth-order valence-corrected chi connectivity index (χ4v) is 12.2. The standard InChI is InChI=1S/C73H50N2/c1-6-23-52(24-7-1)60-33-16-17-36-66(60)72-61(53-25-8-2-9-26-53)37-22-40-70(72)74(58-44-41-51(42-45-58)54-43-47-65-64-35-19-21-39-69(64)75(71(65)49-54)57-31-14-5-15-32-57)59-46-48-63-62-34-18-20-38-67(62)73(68(63)50-59,55-27-10-3-11-28-55)56-29-12-4-13-30-56/h1-50H. The van der Waals surface area contributed by atoms with Crippen molar-refractivity contribution in [1.82, 2.24) is 4.57 Å². The highest BCUT2D eigenvalue weighted by Gasteiger charge is 2.46. The van der Waals surface area contributed by atoms with Gasteiger partial charge in [0.15, 0.2) is 0 Å². The van der Waals surface area contributed by atoms with Gasteiger partial charge in [-0.1, -0.05) is 249 Å². The molecule has 0 amide bonds. The van der Waals surface area contributed by atoms with Crippen molar-refractivity contribution < 1.29 is 0 Å². The third kappa shape index (κ3) is 7.25. The molecule has 0 N–H and O–H groups in total. The van der Waals surface area contributed by atoms with E-state index >= 15 is 0 Å². The van der Waals surface area contributed by atoms with E-state index in [0.717, 1.165) is 50.6 Å². The van der Waals surface area contributed by atoms with Crippen LogP contribution in [0.3, 0.4) is 0 Å². The van der Waals surface area contributed by atoms with Crippen LogP contribution in [0.4, 0.5) is 17.1 Å².